The maximum Gasteiger partial charge on any atom is 0.131 e. The predicted molar refractivity (Wildman–Crippen MR) is 73.4 cm³/mol. The zero-order valence-electron chi connectivity index (χ0n) is 11.5. The number of rotatable bonds is 3. The molecule has 5 nitrogen and oxygen atoms in total. The van der Waals surface area contributed by atoms with Gasteiger partial charge in [-0.05, 0) is 6.42 Å². The monoisotopic (exact) mass is 283 g/mol. The highest BCUT2D eigenvalue weighted by Gasteiger charge is 2.35. The molecular weight excluding hydrogens is 262 g/mol. The first-order valence-electron chi connectivity index (χ1n) is 6.99. The van der Waals surface area contributed by atoms with E-state index in [1.807, 2.05) is 0 Å². The molecule has 106 valence electrons. The van der Waals surface area contributed by atoms with Crippen molar-refractivity contribution < 1.29 is 9.47 Å². The lowest BCUT2D eigenvalue weighted by Crippen LogP contribution is -2.55. The third-order valence-electron chi connectivity index (χ3n) is 3.76. The Labute approximate surface area is 117 Å². The molecular formula is C13H21N3O2S. The van der Waals surface area contributed by atoms with Crippen LogP contribution < -0.4 is 0 Å². The lowest BCUT2D eigenvalue weighted by atomic mass is 10.0. The van der Waals surface area contributed by atoms with Crippen LogP contribution in [0.15, 0.2) is 0 Å². The second-order valence-corrected chi connectivity index (χ2v) is 6.59. The molecule has 0 aromatic carbocycles. The Kier molecular flexibility index (Phi) is 4.12. The fourth-order valence-electron chi connectivity index (χ4n) is 2.66. The van der Waals surface area contributed by atoms with Gasteiger partial charge >= 0.3 is 0 Å². The van der Waals surface area contributed by atoms with Gasteiger partial charge < -0.3 is 9.47 Å². The largest absolute Gasteiger partial charge is 0.380 e. The van der Waals surface area contributed by atoms with Crippen LogP contribution in [0.3, 0.4) is 0 Å². The average Bonchev–Trinajstić information content (AvgIpc) is 2.88. The molecule has 2 aliphatic heterocycles. The highest BCUT2D eigenvalue weighted by atomic mass is 32.1. The Bertz CT molecular complexity index is 422. The molecule has 0 amide bonds. The lowest BCUT2D eigenvalue weighted by Gasteiger charge is -2.43. The molecule has 19 heavy (non-hydrogen) atoms. The first-order chi connectivity index (χ1) is 9.24. The summed E-state index contributed by atoms with van der Waals surface area (Å²) in [5.74, 6) is 0.460. The van der Waals surface area contributed by atoms with Crippen LogP contribution in [-0.4, -0.2) is 53.6 Å². The van der Waals surface area contributed by atoms with E-state index in [1.165, 1.54) is 0 Å². The molecule has 0 bridgehead atoms. The van der Waals surface area contributed by atoms with E-state index in [-0.39, 0.29) is 0 Å². The van der Waals surface area contributed by atoms with Gasteiger partial charge in [0.15, 0.2) is 0 Å². The van der Waals surface area contributed by atoms with Gasteiger partial charge in [-0.15, -0.1) is 10.2 Å². The fourth-order valence-corrected chi connectivity index (χ4v) is 3.53. The Morgan fingerprint density at radius 2 is 2.26 bits per heavy atom. The highest BCUT2D eigenvalue weighted by molar-refractivity contribution is 7.11. The fraction of sp³-hybridized carbons (Fsp3) is 0.846. The predicted octanol–water partition coefficient (Wildman–Crippen LogP) is 1.65. The number of morpholine rings is 1. The van der Waals surface area contributed by atoms with E-state index in [0.717, 1.165) is 49.3 Å². The van der Waals surface area contributed by atoms with Crippen molar-refractivity contribution in [2.24, 2.45) is 0 Å². The minimum Gasteiger partial charge on any atom is -0.380 e. The molecule has 3 rings (SSSR count). The summed E-state index contributed by atoms with van der Waals surface area (Å²) in [5.41, 5.74) is 0. The normalized spacial score (nSPS) is 28.6. The summed E-state index contributed by atoms with van der Waals surface area (Å²) in [6, 6.07) is 0.383. The van der Waals surface area contributed by atoms with E-state index in [9.17, 15) is 0 Å². The van der Waals surface area contributed by atoms with Crippen molar-refractivity contribution in [1.29, 1.82) is 0 Å². The second kappa shape index (κ2) is 5.83. The van der Waals surface area contributed by atoms with Gasteiger partial charge in [0.2, 0.25) is 0 Å². The number of nitrogens with zero attached hydrogens (tertiary/aromatic N) is 3. The van der Waals surface area contributed by atoms with Gasteiger partial charge in [0.1, 0.15) is 10.0 Å². The SMILES string of the molecule is CC(C)c1nnc(CN2CCOC3CCOCC32)s1. The number of hydrogen-bond acceptors (Lipinski definition) is 6. The second-order valence-electron chi connectivity index (χ2n) is 5.50. The molecule has 0 saturated carbocycles. The Morgan fingerprint density at radius 1 is 1.37 bits per heavy atom. The summed E-state index contributed by atoms with van der Waals surface area (Å²) in [5, 5.41) is 10.8. The van der Waals surface area contributed by atoms with Crippen LogP contribution in [0, 0.1) is 0 Å². The van der Waals surface area contributed by atoms with Crippen molar-refractivity contribution in [3.8, 4) is 0 Å². The van der Waals surface area contributed by atoms with Crippen LogP contribution in [-0.2, 0) is 16.0 Å². The molecule has 0 aliphatic carbocycles. The van der Waals surface area contributed by atoms with Gasteiger partial charge in [0.05, 0.1) is 31.9 Å². The summed E-state index contributed by atoms with van der Waals surface area (Å²) < 4.78 is 11.4. The van der Waals surface area contributed by atoms with Crippen molar-refractivity contribution >= 4 is 11.3 Å². The topological polar surface area (TPSA) is 47.5 Å². The van der Waals surface area contributed by atoms with Crippen LogP contribution in [0.25, 0.3) is 0 Å². The van der Waals surface area contributed by atoms with Gasteiger partial charge in [0, 0.05) is 19.1 Å². The van der Waals surface area contributed by atoms with Crippen molar-refractivity contribution in [3.05, 3.63) is 10.0 Å². The summed E-state index contributed by atoms with van der Waals surface area (Å²) in [7, 11) is 0. The third kappa shape index (κ3) is 2.97. The number of hydrogen-bond donors (Lipinski definition) is 0. The Balaban J connectivity index is 1.67. The zero-order chi connectivity index (χ0) is 13.2. The summed E-state index contributed by atoms with van der Waals surface area (Å²) in [6.07, 6.45) is 1.34. The Morgan fingerprint density at radius 3 is 3.05 bits per heavy atom. The molecule has 0 radical (unpaired) electrons. The number of aromatic nitrogens is 2. The first-order valence-corrected chi connectivity index (χ1v) is 7.81. The van der Waals surface area contributed by atoms with Crippen LogP contribution in [0.5, 0.6) is 0 Å². The van der Waals surface area contributed by atoms with Crippen molar-refractivity contribution in [2.75, 3.05) is 26.4 Å². The molecule has 2 atom stereocenters. The first kappa shape index (κ1) is 13.4. The third-order valence-corrected chi connectivity index (χ3v) is 4.97. The van der Waals surface area contributed by atoms with E-state index in [0.29, 0.717) is 18.1 Å². The lowest BCUT2D eigenvalue weighted by molar-refractivity contribution is -0.133. The number of fused-ring (bicyclic) bond motifs is 1. The molecule has 6 heteroatoms. The van der Waals surface area contributed by atoms with Crippen LogP contribution >= 0.6 is 11.3 Å². The molecule has 0 N–H and O–H groups in total. The minimum atomic E-state index is 0.333. The van der Waals surface area contributed by atoms with Crippen molar-refractivity contribution in [3.63, 3.8) is 0 Å². The molecule has 3 heterocycles. The standard InChI is InChI=1S/C13H21N3O2S/c1-9(2)13-15-14-12(19-13)7-16-4-6-18-11-3-5-17-8-10(11)16/h9-11H,3-8H2,1-2H3. The number of ether oxygens (including phenoxy) is 2. The zero-order valence-corrected chi connectivity index (χ0v) is 12.4. The van der Waals surface area contributed by atoms with Gasteiger partial charge in [-0.2, -0.15) is 0 Å². The van der Waals surface area contributed by atoms with Gasteiger partial charge in [-0.1, -0.05) is 25.2 Å². The quantitative estimate of drug-likeness (QED) is 0.844. The van der Waals surface area contributed by atoms with Crippen LogP contribution in [0.1, 0.15) is 36.2 Å². The van der Waals surface area contributed by atoms with Crippen molar-refractivity contribution in [2.45, 2.75) is 44.9 Å². The summed E-state index contributed by atoms with van der Waals surface area (Å²) >= 11 is 1.73. The average molecular weight is 283 g/mol. The van der Waals surface area contributed by atoms with E-state index < -0.39 is 0 Å². The van der Waals surface area contributed by atoms with E-state index in [1.54, 1.807) is 11.3 Å². The molecule has 0 spiro atoms. The van der Waals surface area contributed by atoms with Crippen LogP contribution in [0.2, 0.25) is 0 Å². The maximum atomic E-state index is 5.84. The van der Waals surface area contributed by atoms with Crippen molar-refractivity contribution in [1.82, 2.24) is 15.1 Å². The van der Waals surface area contributed by atoms with Gasteiger partial charge in [-0.3, -0.25) is 4.90 Å². The smallest absolute Gasteiger partial charge is 0.131 e. The molecule has 1 aromatic rings. The van der Waals surface area contributed by atoms with Gasteiger partial charge in [-0.25, -0.2) is 0 Å². The highest BCUT2D eigenvalue weighted by Crippen LogP contribution is 2.25. The van der Waals surface area contributed by atoms with Gasteiger partial charge in [0.25, 0.3) is 0 Å². The van der Waals surface area contributed by atoms with E-state index in [4.69, 9.17) is 9.47 Å². The van der Waals surface area contributed by atoms with Crippen LogP contribution in [0.4, 0.5) is 0 Å². The molecule has 2 saturated heterocycles. The Hall–Kier alpha value is -0.560. The van der Waals surface area contributed by atoms with E-state index in [2.05, 4.69) is 28.9 Å². The summed E-state index contributed by atoms with van der Waals surface area (Å²) in [6.45, 7) is 8.57. The van der Waals surface area contributed by atoms with E-state index >= 15 is 0 Å². The maximum absolute atomic E-state index is 5.84. The summed E-state index contributed by atoms with van der Waals surface area (Å²) in [4.78, 5) is 2.44. The molecule has 2 aliphatic rings. The minimum absolute atomic E-state index is 0.333. The molecule has 2 fully saturated rings. The molecule has 2 unspecified atom stereocenters. The molecule has 1 aromatic heterocycles.